The van der Waals surface area contributed by atoms with Crippen LogP contribution in [0.1, 0.15) is 23.6 Å². The molecular weight excluding hydrogens is 334 g/mol. The topological polar surface area (TPSA) is 77.0 Å². The van der Waals surface area contributed by atoms with E-state index in [1.54, 1.807) is 27.4 Å². The molecule has 2 rings (SSSR count). The summed E-state index contributed by atoms with van der Waals surface area (Å²) in [4.78, 5) is 12.3. The zero-order chi connectivity index (χ0) is 18.9. The van der Waals surface area contributed by atoms with Gasteiger partial charge in [0.2, 0.25) is 5.91 Å². The van der Waals surface area contributed by atoms with Crippen molar-refractivity contribution >= 4 is 5.91 Å². The van der Waals surface area contributed by atoms with Crippen molar-refractivity contribution < 1.29 is 24.1 Å². The fourth-order valence-electron chi connectivity index (χ4n) is 2.74. The van der Waals surface area contributed by atoms with Crippen LogP contribution in [0.15, 0.2) is 42.5 Å². The van der Waals surface area contributed by atoms with Gasteiger partial charge in [-0.2, -0.15) is 0 Å². The summed E-state index contributed by atoms with van der Waals surface area (Å²) in [7, 11) is 4.72. The lowest BCUT2D eigenvalue weighted by Crippen LogP contribution is -2.31. The summed E-state index contributed by atoms with van der Waals surface area (Å²) in [6.07, 6.45) is 0.845. The maximum absolute atomic E-state index is 12.3. The lowest BCUT2D eigenvalue weighted by molar-refractivity contribution is -0.122. The van der Waals surface area contributed by atoms with Gasteiger partial charge in [0.05, 0.1) is 34.0 Å². The van der Waals surface area contributed by atoms with Crippen LogP contribution in [0.5, 0.6) is 17.2 Å². The molecule has 6 nitrogen and oxygen atoms in total. The van der Waals surface area contributed by atoms with Crippen LogP contribution in [0, 0.1) is 0 Å². The third-order valence-corrected chi connectivity index (χ3v) is 4.12. The van der Waals surface area contributed by atoms with Crippen LogP contribution in [-0.4, -0.2) is 38.9 Å². The minimum Gasteiger partial charge on any atom is -0.496 e. The Morgan fingerprint density at radius 3 is 2.35 bits per heavy atom. The summed E-state index contributed by atoms with van der Waals surface area (Å²) in [6, 6.07) is 12.4. The first kappa shape index (κ1) is 19.6. The van der Waals surface area contributed by atoms with Crippen LogP contribution in [0.4, 0.5) is 0 Å². The number of aliphatic hydroxyl groups excluding tert-OH is 1. The highest BCUT2D eigenvalue weighted by Crippen LogP contribution is 2.28. The van der Waals surface area contributed by atoms with Crippen LogP contribution < -0.4 is 19.5 Å². The van der Waals surface area contributed by atoms with E-state index < -0.39 is 6.04 Å². The van der Waals surface area contributed by atoms with Crippen LogP contribution in [0.2, 0.25) is 0 Å². The van der Waals surface area contributed by atoms with Gasteiger partial charge in [-0.1, -0.05) is 24.3 Å². The molecule has 2 N–H and O–H groups in total. The molecule has 1 amide bonds. The van der Waals surface area contributed by atoms with Crippen molar-refractivity contribution in [1.82, 2.24) is 5.32 Å². The molecule has 1 atom stereocenters. The van der Waals surface area contributed by atoms with Crippen LogP contribution in [0.3, 0.4) is 0 Å². The lowest BCUT2D eigenvalue weighted by atomic mass is 10.1. The smallest absolute Gasteiger partial charge is 0.220 e. The molecule has 1 unspecified atom stereocenters. The predicted octanol–water partition coefficient (Wildman–Crippen LogP) is 2.49. The van der Waals surface area contributed by atoms with Gasteiger partial charge in [-0.25, -0.2) is 0 Å². The third-order valence-electron chi connectivity index (χ3n) is 4.12. The van der Waals surface area contributed by atoms with Crippen molar-refractivity contribution in [2.24, 2.45) is 0 Å². The Morgan fingerprint density at radius 2 is 1.69 bits per heavy atom. The van der Waals surface area contributed by atoms with Crippen molar-refractivity contribution in [3.8, 4) is 17.2 Å². The summed E-state index contributed by atoms with van der Waals surface area (Å²) in [5.74, 6) is 1.77. The number of carbonyl (C=O) groups is 1. The third kappa shape index (κ3) is 4.89. The number of hydrogen-bond donors (Lipinski definition) is 2. The molecule has 2 aromatic carbocycles. The minimum absolute atomic E-state index is 0.148. The number of amides is 1. The fraction of sp³-hybridized carbons (Fsp3) is 0.350. The molecule has 0 saturated heterocycles. The zero-order valence-electron chi connectivity index (χ0n) is 15.3. The maximum atomic E-state index is 12.3. The Morgan fingerprint density at radius 1 is 1.00 bits per heavy atom. The maximum Gasteiger partial charge on any atom is 0.220 e. The van der Waals surface area contributed by atoms with Crippen molar-refractivity contribution in [1.29, 1.82) is 0 Å². The summed E-state index contributed by atoms with van der Waals surface area (Å²) < 4.78 is 15.8. The molecule has 0 aliphatic carbocycles. The Hall–Kier alpha value is -2.73. The van der Waals surface area contributed by atoms with Gasteiger partial charge in [0.15, 0.2) is 11.5 Å². The van der Waals surface area contributed by atoms with Gasteiger partial charge < -0.3 is 24.6 Å². The van der Waals surface area contributed by atoms with E-state index in [9.17, 15) is 9.90 Å². The molecular formula is C20H25NO5. The highest BCUT2D eigenvalue weighted by atomic mass is 16.5. The lowest BCUT2D eigenvalue weighted by Gasteiger charge is -2.19. The summed E-state index contributed by atoms with van der Waals surface area (Å²) in [5.41, 5.74) is 1.72. The van der Waals surface area contributed by atoms with Gasteiger partial charge in [-0.05, 0) is 30.2 Å². The van der Waals surface area contributed by atoms with Gasteiger partial charge in [-0.15, -0.1) is 0 Å². The molecule has 2 aromatic rings. The molecule has 0 aliphatic heterocycles. The van der Waals surface area contributed by atoms with Crippen molar-refractivity contribution in [2.75, 3.05) is 27.9 Å². The highest BCUT2D eigenvalue weighted by Gasteiger charge is 2.17. The minimum atomic E-state index is -0.510. The van der Waals surface area contributed by atoms with E-state index in [1.807, 2.05) is 36.4 Å². The average Bonchev–Trinajstić information content (AvgIpc) is 2.70. The molecule has 0 radical (unpaired) electrons. The molecule has 0 aliphatic rings. The van der Waals surface area contributed by atoms with Gasteiger partial charge >= 0.3 is 0 Å². The standard InChI is InChI=1S/C20H25NO5/c1-24-17-7-5-4-6-15(17)16(13-22)21-20(23)11-9-14-8-10-18(25-2)19(12-14)26-3/h4-8,10,12,16,22H,9,11,13H2,1-3H3,(H,21,23). The van der Waals surface area contributed by atoms with E-state index in [0.717, 1.165) is 11.1 Å². The van der Waals surface area contributed by atoms with Gasteiger partial charge in [0.25, 0.3) is 0 Å². The second-order valence-corrected chi connectivity index (χ2v) is 5.73. The molecule has 0 aromatic heterocycles. The van der Waals surface area contributed by atoms with Crippen molar-refractivity contribution in [2.45, 2.75) is 18.9 Å². The number of carbonyl (C=O) groups excluding carboxylic acids is 1. The van der Waals surface area contributed by atoms with Crippen LogP contribution in [-0.2, 0) is 11.2 Å². The van der Waals surface area contributed by atoms with Gasteiger partial charge in [0.1, 0.15) is 5.75 Å². The average molecular weight is 359 g/mol. The number of rotatable bonds is 9. The first-order valence-electron chi connectivity index (χ1n) is 8.37. The Kier molecular flexibility index (Phi) is 7.29. The van der Waals surface area contributed by atoms with E-state index in [0.29, 0.717) is 30.1 Å². The zero-order valence-corrected chi connectivity index (χ0v) is 15.3. The fourth-order valence-corrected chi connectivity index (χ4v) is 2.74. The first-order valence-corrected chi connectivity index (χ1v) is 8.37. The second kappa shape index (κ2) is 9.68. The molecule has 0 spiro atoms. The van der Waals surface area contributed by atoms with Crippen molar-refractivity contribution in [3.05, 3.63) is 53.6 Å². The number of aryl methyl sites for hydroxylation is 1. The summed E-state index contributed by atoms with van der Waals surface area (Å²) >= 11 is 0. The molecule has 0 heterocycles. The molecule has 26 heavy (non-hydrogen) atoms. The monoisotopic (exact) mass is 359 g/mol. The molecule has 6 heteroatoms. The van der Waals surface area contributed by atoms with E-state index in [4.69, 9.17) is 14.2 Å². The van der Waals surface area contributed by atoms with E-state index >= 15 is 0 Å². The van der Waals surface area contributed by atoms with Crippen molar-refractivity contribution in [3.63, 3.8) is 0 Å². The van der Waals surface area contributed by atoms with E-state index in [-0.39, 0.29) is 12.5 Å². The number of hydrogen-bond acceptors (Lipinski definition) is 5. The van der Waals surface area contributed by atoms with E-state index in [2.05, 4.69) is 5.32 Å². The molecule has 0 saturated carbocycles. The molecule has 0 fully saturated rings. The largest absolute Gasteiger partial charge is 0.496 e. The van der Waals surface area contributed by atoms with Gasteiger partial charge in [0, 0.05) is 12.0 Å². The number of para-hydroxylation sites is 1. The second-order valence-electron chi connectivity index (χ2n) is 5.73. The van der Waals surface area contributed by atoms with Crippen LogP contribution >= 0.6 is 0 Å². The first-order chi connectivity index (χ1) is 12.6. The van der Waals surface area contributed by atoms with Gasteiger partial charge in [-0.3, -0.25) is 4.79 Å². The predicted molar refractivity (Wildman–Crippen MR) is 98.8 cm³/mol. The molecule has 0 bridgehead atoms. The Bertz CT molecular complexity index is 732. The SMILES string of the molecule is COc1ccc(CCC(=O)NC(CO)c2ccccc2OC)cc1OC. The number of benzene rings is 2. The summed E-state index contributed by atoms with van der Waals surface area (Å²) in [5, 5.41) is 12.5. The number of aliphatic hydroxyl groups is 1. The Balaban J connectivity index is 1.99. The Labute approximate surface area is 153 Å². The van der Waals surface area contributed by atoms with Crippen LogP contribution in [0.25, 0.3) is 0 Å². The molecule has 140 valence electrons. The number of nitrogens with one attached hydrogen (secondary N) is 1. The number of ether oxygens (including phenoxy) is 3. The highest BCUT2D eigenvalue weighted by molar-refractivity contribution is 5.77. The normalized spacial score (nSPS) is 11.5. The number of methoxy groups -OCH3 is 3. The quantitative estimate of drug-likeness (QED) is 0.719. The van der Waals surface area contributed by atoms with E-state index in [1.165, 1.54) is 0 Å². The summed E-state index contributed by atoms with van der Waals surface area (Å²) in [6.45, 7) is -0.206.